The summed E-state index contributed by atoms with van der Waals surface area (Å²) in [7, 11) is 0. The summed E-state index contributed by atoms with van der Waals surface area (Å²) in [5.74, 6) is 0.323. The van der Waals surface area contributed by atoms with Gasteiger partial charge in [-0.25, -0.2) is 0 Å². The summed E-state index contributed by atoms with van der Waals surface area (Å²) in [4.78, 5) is 10.5. The second-order valence-electron chi connectivity index (χ2n) is 5.10. The van der Waals surface area contributed by atoms with Crippen LogP contribution in [0.15, 0.2) is 28.8 Å². The van der Waals surface area contributed by atoms with E-state index in [1.165, 1.54) is 18.2 Å². The number of alkyl halides is 3. The predicted molar refractivity (Wildman–Crippen MR) is 71.5 cm³/mol. The van der Waals surface area contributed by atoms with Crippen LogP contribution < -0.4 is 4.74 Å². The van der Waals surface area contributed by atoms with Gasteiger partial charge in [-0.1, -0.05) is 17.3 Å². The lowest BCUT2D eigenvalue weighted by Crippen LogP contribution is -2.17. The smallest absolute Gasteiger partial charge is 0.463 e. The van der Waals surface area contributed by atoms with Crippen LogP contribution in [0.25, 0.3) is 11.3 Å². The van der Waals surface area contributed by atoms with E-state index in [0.29, 0.717) is 11.3 Å². The summed E-state index contributed by atoms with van der Waals surface area (Å²) in [5.41, 5.74) is 0.788. The minimum atomic E-state index is -4.82. The third-order valence-electron chi connectivity index (χ3n) is 3.43. The molecule has 1 aromatic carbocycles. The average Bonchev–Trinajstić information content (AvgIpc) is 3.25. The van der Waals surface area contributed by atoms with Crippen molar-refractivity contribution >= 4 is 6.47 Å². The highest BCUT2D eigenvalue weighted by Crippen LogP contribution is 2.45. The zero-order valence-corrected chi connectivity index (χ0v) is 11.8. The fourth-order valence-electron chi connectivity index (χ4n) is 2.33. The number of rotatable bonds is 6. The molecule has 23 heavy (non-hydrogen) atoms. The lowest BCUT2D eigenvalue weighted by atomic mass is 10.0. The van der Waals surface area contributed by atoms with Crippen molar-refractivity contribution in [2.75, 3.05) is 0 Å². The van der Waals surface area contributed by atoms with Gasteiger partial charge in [0.25, 0.3) is 6.47 Å². The van der Waals surface area contributed by atoms with E-state index in [-0.39, 0.29) is 36.0 Å². The first-order valence-electron chi connectivity index (χ1n) is 6.88. The summed E-state index contributed by atoms with van der Waals surface area (Å²) < 4.78 is 51.7. The first-order chi connectivity index (χ1) is 11.0. The van der Waals surface area contributed by atoms with Gasteiger partial charge in [-0.15, -0.1) is 13.2 Å². The van der Waals surface area contributed by atoms with Crippen LogP contribution in [0.4, 0.5) is 13.2 Å². The standard InChI is InChI=1S/C15H12F3NO4/c16-15(17,18)22-12-4-2-1-3-10(12)13-11(7-21-8-20)14(23-19-13)9-5-6-9/h1-4,8-9H,5-7H2. The highest BCUT2D eigenvalue weighted by molar-refractivity contribution is 5.70. The van der Waals surface area contributed by atoms with Gasteiger partial charge in [-0.3, -0.25) is 4.79 Å². The van der Waals surface area contributed by atoms with Gasteiger partial charge in [0.1, 0.15) is 23.8 Å². The van der Waals surface area contributed by atoms with Crippen molar-refractivity contribution in [3.8, 4) is 17.0 Å². The molecule has 0 spiro atoms. The number of benzene rings is 1. The number of nitrogens with zero attached hydrogens (tertiary/aromatic N) is 1. The Balaban J connectivity index is 2.03. The van der Waals surface area contributed by atoms with Crippen LogP contribution >= 0.6 is 0 Å². The third kappa shape index (κ3) is 3.46. The Morgan fingerprint density at radius 1 is 1.30 bits per heavy atom. The molecule has 1 aromatic heterocycles. The van der Waals surface area contributed by atoms with E-state index >= 15 is 0 Å². The van der Waals surface area contributed by atoms with Gasteiger partial charge in [0.2, 0.25) is 0 Å². The van der Waals surface area contributed by atoms with Crippen molar-refractivity contribution in [1.82, 2.24) is 5.16 Å². The lowest BCUT2D eigenvalue weighted by Gasteiger charge is -2.12. The number of hydrogen-bond acceptors (Lipinski definition) is 5. The van der Waals surface area contributed by atoms with Crippen LogP contribution in [0.2, 0.25) is 0 Å². The van der Waals surface area contributed by atoms with Crippen LogP contribution in [0.3, 0.4) is 0 Å². The Morgan fingerprint density at radius 3 is 2.70 bits per heavy atom. The molecule has 0 bridgehead atoms. The monoisotopic (exact) mass is 327 g/mol. The van der Waals surface area contributed by atoms with E-state index in [4.69, 9.17) is 9.26 Å². The highest BCUT2D eigenvalue weighted by atomic mass is 19.4. The summed E-state index contributed by atoms with van der Waals surface area (Å²) in [6.07, 6.45) is -3.01. The molecule has 0 radical (unpaired) electrons. The molecule has 3 rings (SSSR count). The predicted octanol–water partition coefficient (Wildman–Crippen LogP) is 3.79. The molecule has 0 atom stereocenters. The largest absolute Gasteiger partial charge is 0.573 e. The fourth-order valence-corrected chi connectivity index (χ4v) is 2.33. The summed E-state index contributed by atoms with van der Waals surface area (Å²) in [6, 6.07) is 5.63. The van der Waals surface area contributed by atoms with Gasteiger partial charge in [0, 0.05) is 11.5 Å². The number of halogens is 3. The molecule has 1 fully saturated rings. The van der Waals surface area contributed by atoms with Gasteiger partial charge in [-0.05, 0) is 25.0 Å². The number of hydrogen-bond donors (Lipinski definition) is 0. The minimum Gasteiger partial charge on any atom is -0.463 e. The second-order valence-corrected chi connectivity index (χ2v) is 5.10. The van der Waals surface area contributed by atoms with Crippen LogP contribution in [0, 0.1) is 0 Å². The van der Waals surface area contributed by atoms with Crippen LogP contribution in [-0.4, -0.2) is 18.0 Å². The molecule has 1 heterocycles. The van der Waals surface area contributed by atoms with Crippen molar-refractivity contribution < 1.29 is 32.0 Å². The van der Waals surface area contributed by atoms with Crippen molar-refractivity contribution in [2.24, 2.45) is 0 Å². The van der Waals surface area contributed by atoms with Gasteiger partial charge < -0.3 is 14.0 Å². The van der Waals surface area contributed by atoms with E-state index < -0.39 is 6.36 Å². The van der Waals surface area contributed by atoms with Gasteiger partial charge in [-0.2, -0.15) is 0 Å². The van der Waals surface area contributed by atoms with Crippen molar-refractivity contribution in [3.63, 3.8) is 0 Å². The molecular weight excluding hydrogens is 315 g/mol. The summed E-state index contributed by atoms with van der Waals surface area (Å²) in [6.45, 7) is 0.153. The molecule has 0 aliphatic heterocycles. The van der Waals surface area contributed by atoms with E-state index in [1.807, 2.05) is 0 Å². The van der Waals surface area contributed by atoms with Crippen molar-refractivity contribution in [3.05, 3.63) is 35.6 Å². The number of ether oxygens (including phenoxy) is 2. The Kier molecular flexibility index (Phi) is 3.97. The van der Waals surface area contributed by atoms with E-state index in [9.17, 15) is 18.0 Å². The highest BCUT2D eigenvalue weighted by Gasteiger charge is 2.35. The number of carbonyl (C=O) groups excluding carboxylic acids is 1. The van der Waals surface area contributed by atoms with Crippen LogP contribution in [0.1, 0.15) is 30.1 Å². The number of aromatic nitrogens is 1. The Hall–Kier alpha value is -2.51. The SMILES string of the molecule is O=COCc1c(-c2ccccc2OC(F)(F)F)noc1C1CC1. The van der Waals surface area contributed by atoms with Crippen LogP contribution in [-0.2, 0) is 16.1 Å². The van der Waals surface area contributed by atoms with Crippen molar-refractivity contribution in [2.45, 2.75) is 31.7 Å². The zero-order chi connectivity index (χ0) is 16.4. The quantitative estimate of drug-likeness (QED) is 0.755. The molecule has 0 saturated heterocycles. The van der Waals surface area contributed by atoms with Gasteiger partial charge >= 0.3 is 6.36 Å². The first-order valence-corrected chi connectivity index (χ1v) is 6.88. The molecular formula is C15H12F3NO4. The molecule has 2 aromatic rings. The maximum absolute atomic E-state index is 12.5. The van der Waals surface area contributed by atoms with Crippen LogP contribution in [0.5, 0.6) is 5.75 Å². The Labute approximate surface area is 129 Å². The third-order valence-corrected chi connectivity index (χ3v) is 3.43. The lowest BCUT2D eigenvalue weighted by molar-refractivity contribution is -0.274. The first kappa shape index (κ1) is 15.4. The Bertz CT molecular complexity index is 707. The summed E-state index contributed by atoms with van der Waals surface area (Å²) >= 11 is 0. The summed E-state index contributed by atoms with van der Waals surface area (Å²) in [5, 5.41) is 3.87. The van der Waals surface area contributed by atoms with E-state index in [2.05, 4.69) is 9.89 Å². The van der Waals surface area contributed by atoms with E-state index in [1.54, 1.807) is 6.07 Å². The molecule has 1 aliphatic rings. The average molecular weight is 327 g/mol. The van der Waals surface area contributed by atoms with E-state index in [0.717, 1.165) is 12.8 Å². The molecule has 0 N–H and O–H groups in total. The second kappa shape index (κ2) is 5.94. The van der Waals surface area contributed by atoms with Crippen molar-refractivity contribution in [1.29, 1.82) is 0 Å². The Morgan fingerprint density at radius 2 is 2.04 bits per heavy atom. The normalized spacial score (nSPS) is 14.6. The topological polar surface area (TPSA) is 61.6 Å². The zero-order valence-electron chi connectivity index (χ0n) is 11.8. The molecule has 0 amide bonds. The van der Waals surface area contributed by atoms with Gasteiger partial charge in [0.15, 0.2) is 0 Å². The molecule has 122 valence electrons. The molecule has 0 unspecified atom stereocenters. The molecule has 8 heteroatoms. The van der Waals surface area contributed by atoms with Gasteiger partial charge in [0.05, 0.1) is 5.56 Å². The maximum Gasteiger partial charge on any atom is 0.573 e. The molecule has 5 nitrogen and oxygen atoms in total. The molecule has 1 saturated carbocycles. The number of carbonyl (C=O) groups is 1. The minimum absolute atomic E-state index is 0.117. The maximum atomic E-state index is 12.5. The molecule has 1 aliphatic carbocycles. The number of para-hydroxylation sites is 1. The fraction of sp³-hybridized carbons (Fsp3) is 0.333.